The summed E-state index contributed by atoms with van der Waals surface area (Å²) < 4.78 is 11.2. The number of aromatic nitrogens is 2. The van der Waals surface area contributed by atoms with E-state index in [1.54, 1.807) is 12.1 Å². The molecular formula is C12H11N3O5. The van der Waals surface area contributed by atoms with Crippen molar-refractivity contribution in [3.8, 4) is 5.75 Å². The van der Waals surface area contributed by atoms with E-state index in [4.69, 9.17) is 4.74 Å². The number of nitro groups is 1. The Hall–Kier alpha value is -2.90. The van der Waals surface area contributed by atoms with Crippen LogP contribution in [0.15, 0.2) is 36.5 Å². The number of benzene rings is 1. The Morgan fingerprint density at radius 3 is 2.85 bits per heavy atom. The molecule has 0 aliphatic heterocycles. The normalized spacial score (nSPS) is 10.1. The van der Waals surface area contributed by atoms with Gasteiger partial charge < -0.3 is 9.47 Å². The van der Waals surface area contributed by atoms with E-state index in [0.29, 0.717) is 0 Å². The van der Waals surface area contributed by atoms with Gasteiger partial charge in [0.1, 0.15) is 0 Å². The number of methoxy groups -OCH3 is 1. The first kappa shape index (κ1) is 13.5. The highest BCUT2D eigenvalue weighted by atomic mass is 16.6. The molecule has 0 bridgehead atoms. The van der Waals surface area contributed by atoms with Gasteiger partial charge >= 0.3 is 11.7 Å². The van der Waals surface area contributed by atoms with Crippen LogP contribution in [0.4, 0.5) is 5.69 Å². The smallest absolute Gasteiger partial charge is 0.358 e. The molecule has 8 nitrogen and oxygen atoms in total. The molecule has 0 spiro atoms. The third kappa shape index (κ3) is 2.91. The Labute approximate surface area is 113 Å². The molecule has 0 amide bonds. The molecule has 1 heterocycles. The summed E-state index contributed by atoms with van der Waals surface area (Å²) in [6, 6.07) is 7.48. The predicted molar refractivity (Wildman–Crippen MR) is 67.3 cm³/mol. The molecule has 20 heavy (non-hydrogen) atoms. The number of carbonyl (C=O) groups excluding carboxylic acids is 1. The van der Waals surface area contributed by atoms with Crippen LogP contribution in [0.25, 0.3) is 0 Å². The van der Waals surface area contributed by atoms with E-state index in [1.807, 2.05) is 0 Å². The zero-order valence-electron chi connectivity index (χ0n) is 10.6. The van der Waals surface area contributed by atoms with Crippen LogP contribution >= 0.6 is 0 Å². The SMILES string of the molecule is COC(=O)c1ccn(COc2ccccc2[N+](=O)[O-])n1. The van der Waals surface area contributed by atoms with Gasteiger partial charge in [-0.25, -0.2) is 9.48 Å². The minimum Gasteiger partial charge on any atom is -0.464 e. The third-order valence-corrected chi connectivity index (χ3v) is 2.45. The van der Waals surface area contributed by atoms with Crippen LogP contribution in [0, 0.1) is 10.1 Å². The summed E-state index contributed by atoms with van der Waals surface area (Å²) in [7, 11) is 1.26. The maximum Gasteiger partial charge on any atom is 0.358 e. The molecule has 8 heteroatoms. The molecule has 1 aromatic heterocycles. The molecule has 1 aromatic carbocycles. The highest BCUT2D eigenvalue weighted by Gasteiger charge is 2.14. The fourth-order valence-corrected chi connectivity index (χ4v) is 1.51. The molecule has 104 valence electrons. The maximum atomic E-state index is 11.2. The predicted octanol–water partition coefficient (Wildman–Crippen LogP) is 1.61. The zero-order valence-corrected chi connectivity index (χ0v) is 10.6. The molecular weight excluding hydrogens is 266 g/mol. The molecule has 0 aliphatic rings. The summed E-state index contributed by atoms with van der Waals surface area (Å²) in [5.41, 5.74) is 0.00603. The van der Waals surface area contributed by atoms with Gasteiger partial charge in [0.25, 0.3) is 0 Å². The van der Waals surface area contributed by atoms with Crippen LogP contribution in [0.2, 0.25) is 0 Å². The molecule has 2 rings (SSSR count). The number of hydrogen-bond donors (Lipinski definition) is 0. The van der Waals surface area contributed by atoms with Crippen molar-refractivity contribution < 1.29 is 19.2 Å². The number of ether oxygens (including phenoxy) is 2. The fraction of sp³-hybridized carbons (Fsp3) is 0.167. The topological polar surface area (TPSA) is 96.5 Å². The number of carbonyl (C=O) groups is 1. The van der Waals surface area contributed by atoms with E-state index >= 15 is 0 Å². The van der Waals surface area contributed by atoms with Crippen LogP contribution in [0.1, 0.15) is 10.5 Å². The third-order valence-electron chi connectivity index (χ3n) is 2.45. The van der Waals surface area contributed by atoms with E-state index in [1.165, 1.54) is 36.2 Å². The van der Waals surface area contributed by atoms with Crippen LogP contribution in [-0.2, 0) is 11.5 Å². The Kier molecular flexibility index (Phi) is 3.94. The first-order valence-corrected chi connectivity index (χ1v) is 5.60. The van der Waals surface area contributed by atoms with Crippen LogP contribution in [0.3, 0.4) is 0 Å². The van der Waals surface area contributed by atoms with Gasteiger partial charge in [-0.05, 0) is 12.1 Å². The Morgan fingerprint density at radius 2 is 2.15 bits per heavy atom. The second-order valence-electron chi connectivity index (χ2n) is 3.73. The summed E-state index contributed by atoms with van der Waals surface area (Å²) in [5.74, 6) is -0.429. The molecule has 0 saturated heterocycles. The van der Waals surface area contributed by atoms with Crippen molar-refractivity contribution in [3.63, 3.8) is 0 Å². The van der Waals surface area contributed by atoms with Crippen LogP contribution < -0.4 is 4.74 Å². The zero-order chi connectivity index (χ0) is 14.5. The summed E-state index contributed by atoms with van der Waals surface area (Å²) in [5, 5.41) is 14.7. The lowest BCUT2D eigenvalue weighted by Crippen LogP contribution is -2.09. The number of nitro benzene ring substituents is 1. The lowest BCUT2D eigenvalue weighted by Gasteiger charge is -2.06. The average molecular weight is 277 g/mol. The molecule has 0 unspecified atom stereocenters. The van der Waals surface area contributed by atoms with Gasteiger partial charge in [-0.3, -0.25) is 10.1 Å². The van der Waals surface area contributed by atoms with Crippen molar-refractivity contribution in [2.45, 2.75) is 6.73 Å². The molecule has 0 fully saturated rings. The summed E-state index contributed by atoms with van der Waals surface area (Å²) >= 11 is 0. The van der Waals surface area contributed by atoms with Gasteiger partial charge in [0.2, 0.25) is 0 Å². The number of nitrogens with zero attached hydrogens (tertiary/aromatic N) is 3. The van der Waals surface area contributed by atoms with Crippen molar-refractivity contribution in [1.29, 1.82) is 0 Å². The molecule has 0 saturated carbocycles. The quantitative estimate of drug-likeness (QED) is 0.468. The molecule has 0 aliphatic carbocycles. The summed E-state index contributed by atoms with van der Waals surface area (Å²) in [4.78, 5) is 21.5. The lowest BCUT2D eigenvalue weighted by molar-refractivity contribution is -0.386. The van der Waals surface area contributed by atoms with E-state index in [-0.39, 0.29) is 23.9 Å². The van der Waals surface area contributed by atoms with Gasteiger partial charge in [-0.2, -0.15) is 5.10 Å². The van der Waals surface area contributed by atoms with Gasteiger partial charge in [-0.15, -0.1) is 0 Å². The number of rotatable bonds is 5. The Morgan fingerprint density at radius 1 is 1.40 bits per heavy atom. The van der Waals surface area contributed by atoms with E-state index < -0.39 is 10.9 Å². The molecule has 0 N–H and O–H groups in total. The average Bonchev–Trinajstić information content (AvgIpc) is 2.93. The van der Waals surface area contributed by atoms with E-state index in [0.717, 1.165) is 0 Å². The summed E-state index contributed by atoms with van der Waals surface area (Å²) in [6.07, 6.45) is 1.51. The number of para-hydroxylation sites is 2. The molecule has 0 radical (unpaired) electrons. The largest absolute Gasteiger partial charge is 0.464 e. The standard InChI is InChI=1S/C12H11N3O5/c1-19-12(16)9-6-7-14(13-9)8-20-11-5-3-2-4-10(11)15(17)18/h2-7H,8H2,1H3. The minimum atomic E-state index is -0.561. The molecule has 2 aromatic rings. The van der Waals surface area contributed by atoms with Crippen molar-refractivity contribution in [3.05, 3.63) is 52.3 Å². The lowest BCUT2D eigenvalue weighted by atomic mass is 10.3. The monoisotopic (exact) mass is 277 g/mol. The fourth-order valence-electron chi connectivity index (χ4n) is 1.51. The van der Waals surface area contributed by atoms with Crippen molar-refractivity contribution in [1.82, 2.24) is 9.78 Å². The highest BCUT2D eigenvalue weighted by molar-refractivity contribution is 5.86. The number of hydrogen-bond acceptors (Lipinski definition) is 6. The van der Waals surface area contributed by atoms with Crippen LogP contribution in [0.5, 0.6) is 5.75 Å². The highest BCUT2D eigenvalue weighted by Crippen LogP contribution is 2.25. The van der Waals surface area contributed by atoms with Crippen molar-refractivity contribution in [2.24, 2.45) is 0 Å². The van der Waals surface area contributed by atoms with Gasteiger partial charge in [0.15, 0.2) is 18.2 Å². The second-order valence-corrected chi connectivity index (χ2v) is 3.73. The summed E-state index contributed by atoms with van der Waals surface area (Å²) in [6.45, 7) is -0.0537. The van der Waals surface area contributed by atoms with Gasteiger partial charge in [0.05, 0.1) is 12.0 Å². The first-order valence-electron chi connectivity index (χ1n) is 5.60. The Balaban J connectivity index is 2.07. The maximum absolute atomic E-state index is 11.2. The number of esters is 1. The first-order chi connectivity index (χ1) is 9.61. The van der Waals surface area contributed by atoms with E-state index in [2.05, 4.69) is 9.84 Å². The van der Waals surface area contributed by atoms with Crippen molar-refractivity contribution in [2.75, 3.05) is 7.11 Å². The van der Waals surface area contributed by atoms with Crippen LogP contribution in [-0.4, -0.2) is 27.8 Å². The minimum absolute atomic E-state index is 0.0537. The van der Waals surface area contributed by atoms with Crippen molar-refractivity contribution >= 4 is 11.7 Å². The van der Waals surface area contributed by atoms with E-state index in [9.17, 15) is 14.9 Å². The van der Waals surface area contributed by atoms with Gasteiger partial charge in [0, 0.05) is 12.3 Å². The van der Waals surface area contributed by atoms with Gasteiger partial charge in [-0.1, -0.05) is 12.1 Å². The second kappa shape index (κ2) is 5.83. The molecule has 0 atom stereocenters. The Bertz CT molecular complexity index is 638.